The SMILES string of the molecule is C/C=C/CCCCCCCCCC(=O)C1=[N+](CC(O)CS(=O)(=O)[O-])CCN1CCO.[Na+]. The zero-order chi connectivity index (χ0) is 22.4. The normalized spacial score (nSPS) is 15.5. The van der Waals surface area contributed by atoms with E-state index in [1.807, 2.05) is 6.92 Å². The first-order chi connectivity index (χ1) is 14.3. The van der Waals surface area contributed by atoms with Crippen LogP contribution >= 0.6 is 0 Å². The number of nitrogens with zero attached hydrogens (tertiary/aromatic N) is 2. The van der Waals surface area contributed by atoms with Gasteiger partial charge in [0, 0.05) is 6.42 Å². The number of allylic oxidation sites excluding steroid dienone is 2. The second kappa shape index (κ2) is 17.2. The number of aliphatic hydroxyl groups is 2. The summed E-state index contributed by atoms with van der Waals surface area (Å²) in [6.45, 7) is 3.12. The van der Waals surface area contributed by atoms with Crippen LogP contribution in [0, 0.1) is 0 Å². The van der Waals surface area contributed by atoms with E-state index in [9.17, 15) is 28.0 Å². The number of unbranched alkanes of at least 4 members (excludes halogenated alkanes) is 7. The largest absolute Gasteiger partial charge is 1.00 e. The molecule has 174 valence electrons. The molecule has 1 atom stereocenters. The molecular formula is C21H38N2NaO6S+. The predicted molar refractivity (Wildman–Crippen MR) is 116 cm³/mol. The van der Waals surface area contributed by atoms with Gasteiger partial charge in [-0.15, -0.1) is 0 Å². The second-order valence-electron chi connectivity index (χ2n) is 7.86. The maximum atomic E-state index is 12.8. The molecule has 0 saturated heterocycles. The average molecular weight is 470 g/mol. The van der Waals surface area contributed by atoms with Crippen molar-refractivity contribution in [3.8, 4) is 0 Å². The van der Waals surface area contributed by atoms with Gasteiger partial charge in [0.25, 0.3) is 0 Å². The number of carbonyl (C=O) groups excluding carboxylic acids is 1. The van der Waals surface area contributed by atoms with Crippen molar-refractivity contribution in [1.29, 1.82) is 0 Å². The van der Waals surface area contributed by atoms with Crippen molar-refractivity contribution in [3.63, 3.8) is 0 Å². The number of aliphatic hydroxyl groups excluding tert-OH is 2. The molecule has 31 heavy (non-hydrogen) atoms. The fourth-order valence-electron chi connectivity index (χ4n) is 3.77. The van der Waals surface area contributed by atoms with Crippen molar-refractivity contribution in [3.05, 3.63) is 12.2 Å². The number of hydrogen-bond donors (Lipinski definition) is 2. The number of Topliss-reactive ketones (excluding diaryl/α,β-unsaturated/α-hetero) is 1. The van der Waals surface area contributed by atoms with Gasteiger partial charge in [0.1, 0.15) is 32.3 Å². The Kier molecular flexibility index (Phi) is 17.1. The van der Waals surface area contributed by atoms with E-state index in [1.165, 1.54) is 25.7 Å². The molecule has 1 rings (SSSR count). The summed E-state index contributed by atoms with van der Waals surface area (Å²) in [7, 11) is -4.54. The van der Waals surface area contributed by atoms with Crippen molar-refractivity contribution in [2.45, 2.75) is 70.8 Å². The molecule has 0 radical (unpaired) electrons. The van der Waals surface area contributed by atoms with E-state index in [0.29, 0.717) is 31.9 Å². The number of β-amino-alcohol motifs (C(OH)–C–C–N with tert-alkyl or cyclic N) is 2. The van der Waals surface area contributed by atoms with Crippen LogP contribution in [-0.2, 0) is 14.9 Å². The molecular weight excluding hydrogens is 431 g/mol. The summed E-state index contributed by atoms with van der Waals surface area (Å²) in [5, 5.41) is 19.2. The molecule has 0 spiro atoms. The third kappa shape index (κ3) is 13.8. The number of hydrogen-bond acceptors (Lipinski definition) is 7. The van der Waals surface area contributed by atoms with Crippen LogP contribution in [0.1, 0.15) is 64.7 Å². The van der Waals surface area contributed by atoms with Gasteiger partial charge in [-0.3, -0.25) is 14.3 Å². The number of carbonyl (C=O) groups is 1. The van der Waals surface area contributed by atoms with Gasteiger partial charge in [-0.2, -0.15) is 0 Å². The molecule has 0 amide bonds. The minimum atomic E-state index is -4.54. The molecule has 0 saturated carbocycles. The third-order valence-corrected chi connectivity index (χ3v) is 5.99. The summed E-state index contributed by atoms with van der Waals surface area (Å²) in [6, 6.07) is 0. The smallest absolute Gasteiger partial charge is 0.748 e. The van der Waals surface area contributed by atoms with Crippen LogP contribution in [-0.4, -0.2) is 88.9 Å². The molecule has 1 aliphatic heterocycles. The molecule has 0 aromatic heterocycles. The first-order valence-corrected chi connectivity index (χ1v) is 12.6. The Bertz CT molecular complexity index is 681. The third-order valence-electron chi connectivity index (χ3n) is 5.20. The summed E-state index contributed by atoms with van der Waals surface area (Å²) in [5.41, 5.74) is 0. The van der Waals surface area contributed by atoms with Gasteiger partial charge in [-0.1, -0.05) is 44.3 Å². The fourth-order valence-corrected chi connectivity index (χ4v) is 4.35. The summed E-state index contributed by atoms with van der Waals surface area (Å²) < 4.78 is 34.2. The van der Waals surface area contributed by atoms with Crippen LogP contribution in [0.4, 0.5) is 0 Å². The maximum absolute atomic E-state index is 12.8. The number of amidine groups is 1. The fraction of sp³-hybridized carbons (Fsp3) is 0.810. The van der Waals surface area contributed by atoms with Crippen LogP contribution in [0.5, 0.6) is 0 Å². The maximum Gasteiger partial charge on any atom is 1.00 e. The standard InChI is InChI=1S/C21H38N2O6S.Na/c1-2-3-4-5-6-7-8-9-10-11-12-20(26)21-22(15-16-24)13-14-23(21)17-19(25)18-30(27,28)29;/h2-3,19,24-25H,4-18H2,1H3;/q;+1/b3-2+;. The summed E-state index contributed by atoms with van der Waals surface area (Å²) in [4.78, 5) is 14.5. The molecule has 0 fully saturated rings. The van der Waals surface area contributed by atoms with Gasteiger partial charge < -0.3 is 14.8 Å². The van der Waals surface area contributed by atoms with E-state index in [0.717, 1.165) is 25.7 Å². The van der Waals surface area contributed by atoms with Crippen LogP contribution < -0.4 is 29.6 Å². The van der Waals surface area contributed by atoms with Crippen LogP contribution in [0.25, 0.3) is 0 Å². The van der Waals surface area contributed by atoms with E-state index in [2.05, 4.69) is 12.2 Å². The molecule has 0 aromatic carbocycles. The second-order valence-corrected chi connectivity index (χ2v) is 9.31. The average Bonchev–Trinajstić information content (AvgIpc) is 3.04. The van der Waals surface area contributed by atoms with E-state index >= 15 is 0 Å². The Morgan fingerprint density at radius 3 is 2.39 bits per heavy atom. The van der Waals surface area contributed by atoms with Crippen molar-refractivity contribution in [2.24, 2.45) is 0 Å². The summed E-state index contributed by atoms with van der Waals surface area (Å²) in [6.07, 6.45) is 12.1. The van der Waals surface area contributed by atoms with Gasteiger partial charge in [-0.05, 0) is 26.2 Å². The molecule has 1 unspecified atom stereocenters. The molecule has 1 heterocycles. The van der Waals surface area contributed by atoms with Gasteiger partial charge >= 0.3 is 35.4 Å². The van der Waals surface area contributed by atoms with Crippen molar-refractivity contribution >= 4 is 21.7 Å². The van der Waals surface area contributed by atoms with Gasteiger partial charge in [0.05, 0.1) is 22.5 Å². The van der Waals surface area contributed by atoms with Crippen LogP contribution in [0.3, 0.4) is 0 Å². The predicted octanol–water partition coefficient (Wildman–Crippen LogP) is -1.73. The first kappa shape index (κ1) is 30.7. The first-order valence-electron chi connectivity index (χ1n) is 11.0. The van der Waals surface area contributed by atoms with E-state index in [1.54, 1.807) is 9.48 Å². The van der Waals surface area contributed by atoms with Crippen molar-refractivity contribution < 1.29 is 62.1 Å². The van der Waals surface area contributed by atoms with Gasteiger partial charge in [0.2, 0.25) is 5.78 Å². The Balaban J connectivity index is 0.00000900. The summed E-state index contributed by atoms with van der Waals surface area (Å²) in [5.74, 6) is -0.528. The minimum Gasteiger partial charge on any atom is -0.748 e. The molecule has 10 heteroatoms. The number of ketones is 1. The zero-order valence-corrected chi connectivity index (χ0v) is 22.0. The Labute approximate surface area is 209 Å². The van der Waals surface area contributed by atoms with E-state index in [-0.39, 0.29) is 48.5 Å². The van der Waals surface area contributed by atoms with Crippen LogP contribution in [0.15, 0.2) is 12.2 Å². The molecule has 0 bridgehead atoms. The Morgan fingerprint density at radius 2 is 1.81 bits per heavy atom. The zero-order valence-electron chi connectivity index (χ0n) is 19.2. The minimum absolute atomic E-state index is 0. The molecule has 8 nitrogen and oxygen atoms in total. The monoisotopic (exact) mass is 469 g/mol. The molecule has 2 N–H and O–H groups in total. The Hall–Kier alpha value is -0.290. The summed E-state index contributed by atoms with van der Waals surface area (Å²) >= 11 is 0. The van der Waals surface area contributed by atoms with Gasteiger partial charge in [-0.25, -0.2) is 8.42 Å². The quantitative estimate of drug-likeness (QED) is 0.0854. The molecule has 1 aliphatic rings. The van der Waals surface area contributed by atoms with Gasteiger partial charge in [0.15, 0.2) is 0 Å². The van der Waals surface area contributed by atoms with Crippen molar-refractivity contribution in [2.75, 3.05) is 38.5 Å². The van der Waals surface area contributed by atoms with E-state index < -0.39 is 22.0 Å². The molecule has 0 aromatic rings. The van der Waals surface area contributed by atoms with Crippen LogP contribution in [0.2, 0.25) is 0 Å². The Morgan fingerprint density at radius 1 is 1.19 bits per heavy atom. The molecule has 0 aliphatic carbocycles. The van der Waals surface area contributed by atoms with Crippen molar-refractivity contribution in [1.82, 2.24) is 4.90 Å². The topological polar surface area (TPSA) is 121 Å². The van der Waals surface area contributed by atoms with E-state index in [4.69, 9.17) is 0 Å². The number of rotatable bonds is 17.